The molecule has 0 saturated carbocycles. The largest absolute Gasteiger partial charge is 0.369 e. The lowest BCUT2D eigenvalue weighted by Gasteiger charge is -2.09. The third-order valence-corrected chi connectivity index (χ3v) is 3.25. The fourth-order valence-electron chi connectivity index (χ4n) is 1.46. The van der Waals surface area contributed by atoms with Crippen LogP contribution in [0.25, 0.3) is 5.82 Å². The smallest absolute Gasteiger partial charge is 0.174 e. The molecule has 0 aromatic carbocycles. The number of aromatic nitrogens is 3. The van der Waals surface area contributed by atoms with E-state index in [0.717, 1.165) is 5.69 Å². The van der Waals surface area contributed by atoms with Crippen molar-refractivity contribution in [2.24, 2.45) is 0 Å². The first-order valence-corrected chi connectivity index (χ1v) is 6.48. The summed E-state index contributed by atoms with van der Waals surface area (Å²) in [5.41, 5.74) is 0.717. The number of rotatable bonds is 3. The Bertz CT molecular complexity index is 560. The van der Waals surface area contributed by atoms with Crippen molar-refractivity contribution in [3.8, 4) is 5.82 Å². The number of anilines is 1. The molecule has 2 heterocycles. The Morgan fingerprint density at radius 1 is 1.22 bits per heavy atom. The van der Waals surface area contributed by atoms with Crippen molar-refractivity contribution >= 4 is 40.6 Å². The Balaban J connectivity index is 2.53. The highest BCUT2D eigenvalue weighted by Crippen LogP contribution is 2.28. The van der Waals surface area contributed by atoms with Crippen LogP contribution in [0.15, 0.2) is 12.3 Å². The molecule has 0 aliphatic rings. The van der Waals surface area contributed by atoms with Gasteiger partial charge in [-0.2, -0.15) is 5.10 Å². The molecule has 0 aliphatic heterocycles. The second kappa shape index (κ2) is 5.34. The highest BCUT2D eigenvalue weighted by atomic mass is 35.5. The Hall–Kier alpha value is -0.970. The van der Waals surface area contributed by atoms with E-state index in [2.05, 4.69) is 15.4 Å². The third-order valence-electron chi connectivity index (χ3n) is 2.31. The molecule has 2 rings (SSSR count). The number of pyridine rings is 1. The SMILES string of the molecule is CCNc1nc(-n2cc(Cl)c(C)n2)c(Cl)cc1Cl. The maximum Gasteiger partial charge on any atom is 0.174 e. The Morgan fingerprint density at radius 3 is 2.50 bits per heavy atom. The van der Waals surface area contributed by atoms with Crippen LogP contribution in [0.3, 0.4) is 0 Å². The summed E-state index contributed by atoms with van der Waals surface area (Å²) in [6, 6.07) is 1.63. The van der Waals surface area contributed by atoms with E-state index in [-0.39, 0.29) is 0 Å². The van der Waals surface area contributed by atoms with Gasteiger partial charge in [0.1, 0.15) is 5.82 Å². The zero-order chi connectivity index (χ0) is 13.3. The lowest BCUT2D eigenvalue weighted by molar-refractivity contribution is 0.833. The molecule has 0 saturated heterocycles. The number of nitrogens with zero attached hydrogens (tertiary/aromatic N) is 3. The van der Waals surface area contributed by atoms with Crippen molar-refractivity contribution in [1.82, 2.24) is 14.8 Å². The van der Waals surface area contributed by atoms with Crippen molar-refractivity contribution in [3.05, 3.63) is 33.0 Å². The first kappa shape index (κ1) is 13.5. The zero-order valence-electron chi connectivity index (χ0n) is 9.84. The molecular formula is C11H11Cl3N4. The zero-order valence-corrected chi connectivity index (χ0v) is 12.1. The second-order valence-electron chi connectivity index (χ2n) is 3.66. The quantitative estimate of drug-likeness (QED) is 0.933. The summed E-state index contributed by atoms with van der Waals surface area (Å²) >= 11 is 18.1. The Kier molecular flexibility index (Phi) is 4.00. The number of aryl methyl sites for hydroxylation is 1. The van der Waals surface area contributed by atoms with Gasteiger partial charge in [-0.1, -0.05) is 34.8 Å². The first-order valence-electron chi connectivity index (χ1n) is 5.35. The average Bonchev–Trinajstić information content (AvgIpc) is 2.63. The summed E-state index contributed by atoms with van der Waals surface area (Å²) in [6.07, 6.45) is 1.66. The monoisotopic (exact) mass is 304 g/mol. The van der Waals surface area contributed by atoms with E-state index in [1.165, 1.54) is 4.68 Å². The molecular weight excluding hydrogens is 295 g/mol. The fraction of sp³-hybridized carbons (Fsp3) is 0.273. The van der Waals surface area contributed by atoms with Crippen LogP contribution in [0.2, 0.25) is 15.1 Å². The minimum absolute atomic E-state index is 0.417. The molecule has 0 aliphatic carbocycles. The average molecular weight is 306 g/mol. The van der Waals surface area contributed by atoms with E-state index in [0.29, 0.717) is 33.2 Å². The molecule has 4 nitrogen and oxygen atoms in total. The van der Waals surface area contributed by atoms with E-state index >= 15 is 0 Å². The topological polar surface area (TPSA) is 42.7 Å². The van der Waals surface area contributed by atoms with Crippen molar-refractivity contribution in [1.29, 1.82) is 0 Å². The van der Waals surface area contributed by atoms with E-state index in [1.807, 2.05) is 13.8 Å². The van der Waals surface area contributed by atoms with Gasteiger partial charge in [0, 0.05) is 6.54 Å². The summed E-state index contributed by atoms with van der Waals surface area (Å²) in [5, 5.41) is 8.75. The molecule has 0 radical (unpaired) electrons. The van der Waals surface area contributed by atoms with Gasteiger partial charge in [-0.05, 0) is 19.9 Å². The predicted octanol–water partition coefficient (Wildman–Crippen LogP) is 3.97. The van der Waals surface area contributed by atoms with Crippen LogP contribution in [-0.2, 0) is 0 Å². The molecule has 96 valence electrons. The number of nitrogens with one attached hydrogen (secondary N) is 1. The van der Waals surface area contributed by atoms with Crippen molar-refractivity contribution in [3.63, 3.8) is 0 Å². The van der Waals surface area contributed by atoms with Crippen molar-refractivity contribution in [2.45, 2.75) is 13.8 Å². The maximum absolute atomic E-state index is 6.12. The van der Waals surface area contributed by atoms with Crippen LogP contribution in [0, 0.1) is 6.92 Å². The number of hydrogen-bond acceptors (Lipinski definition) is 3. The first-order chi connectivity index (χ1) is 8.52. The van der Waals surface area contributed by atoms with E-state index in [4.69, 9.17) is 34.8 Å². The predicted molar refractivity (Wildman–Crippen MR) is 75.3 cm³/mol. The molecule has 18 heavy (non-hydrogen) atoms. The highest BCUT2D eigenvalue weighted by molar-refractivity contribution is 6.37. The number of halogens is 3. The highest BCUT2D eigenvalue weighted by Gasteiger charge is 2.13. The van der Waals surface area contributed by atoms with Gasteiger partial charge in [0.25, 0.3) is 0 Å². The van der Waals surface area contributed by atoms with Gasteiger partial charge in [-0.15, -0.1) is 0 Å². The maximum atomic E-state index is 6.12. The van der Waals surface area contributed by atoms with Crippen LogP contribution in [0.5, 0.6) is 0 Å². The molecule has 0 atom stereocenters. The van der Waals surface area contributed by atoms with Gasteiger partial charge >= 0.3 is 0 Å². The van der Waals surface area contributed by atoms with Crippen LogP contribution >= 0.6 is 34.8 Å². The molecule has 2 aromatic heterocycles. The molecule has 0 fully saturated rings. The minimum atomic E-state index is 0.417. The summed E-state index contributed by atoms with van der Waals surface area (Å²) in [5.74, 6) is 1.06. The molecule has 0 bridgehead atoms. The van der Waals surface area contributed by atoms with Crippen LogP contribution in [0.1, 0.15) is 12.6 Å². The lowest BCUT2D eigenvalue weighted by atomic mass is 10.4. The van der Waals surface area contributed by atoms with Crippen LogP contribution in [-0.4, -0.2) is 21.3 Å². The summed E-state index contributed by atoms with van der Waals surface area (Å²) in [7, 11) is 0. The van der Waals surface area contributed by atoms with Gasteiger partial charge in [-0.25, -0.2) is 9.67 Å². The molecule has 0 spiro atoms. The van der Waals surface area contributed by atoms with Gasteiger partial charge in [-0.3, -0.25) is 0 Å². The van der Waals surface area contributed by atoms with Gasteiger partial charge in [0.15, 0.2) is 5.82 Å². The molecule has 7 heteroatoms. The summed E-state index contributed by atoms with van der Waals surface area (Å²) in [4.78, 5) is 4.35. The molecule has 0 amide bonds. The molecule has 0 unspecified atom stereocenters. The minimum Gasteiger partial charge on any atom is -0.369 e. The van der Waals surface area contributed by atoms with Gasteiger partial charge in [0.05, 0.1) is 27.0 Å². The van der Waals surface area contributed by atoms with E-state index in [9.17, 15) is 0 Å². The van der Waals surface area contributed by atoms with Crippen molar-refractivity contribution < 1.29 is 0 Å². The third kappa shape index (κ3) is 2.55. The molecule has 2 aromatic rings. The summed E-state index contributed by atoms with van der Waals surface area (Å²) < 4.78 is 1.54. The van der Waals surface area contributed by atoms with E-state index in [1.54, 1.807) is 12.3 Å². The van der Waals surface area contributed by atoms with Gasteiger partial charge in [0.2, 0.25) is 0 Å². The van der Waals surface area contributed by atoms with Gasteiger partial charge < -0.3 is 5.32 Å². The Labute approximate surface area is 120 Å². The second-order valence-corrected chi connectivity index (χ2v) is 4.88. The normalized spacial score (nSPS) is 10.7. The summed E-state index contributed by atoms with van der Waals surface area (Å²) in [6.45, 7) is 4.49. The lowest BCUT2D eigenvalue weighted by Crippen LogP contribution is -2.05. The Morgan fingerprint density at radius 2 is 1.94 bits per heavy atom. The standard InChI is InChI=1S/C11H11Cl3N4/c1-3-15-10-7(12)4-8(13)11(16-10)18-5-9(14)6(2)17-18/h4-5H,3H2,1-2H3,(H,15,16). The number of hydrogen-bond donors (Lipinski definition) is 1. The fourth-order valence-corrected chi connectivity index (χ4v) is 2.10. The van der Waals surface area contributed by atoms with Crippen LogP contribution in [0.4, 0.5) is 5.82 Å². The van der Waals surface area contributed by atoms with Crippen LogP contribution < -0.4 is 5.32 Å². The van der Waals surface area contributed by atoms with Crippen molar-refractivity contribution in [2.75, 3.05) is 11.9 Å². The van der Waals surface area contributed by atoms with E-state index < -0.39 is 0 Å². The molecule has 1 N–H and O–H groups in total.